The number of hydrogen-bond donors (Lipinski definition) is 2. The molecule has 2 aromatic rings. The lowest BCUT2D eigenvalue weighted by molar-refractivity contribution is -0.111. The van der Waals surface area contributed by atoms with Crippen molar-refractivity contribution in [2.75, 3.05) is 5.32 Å². The summed E-state index contributed by atoms with van der Waals surface area (Å²) in [6.45, 7) is 0. The van der Waals surface area contributed by atoms with Gasteiger partial charge in [-0.25, -0.2) is 4.79 Å². The van der Waals surface area contributed by atoms with Gasteiger partial charge in [-0.05, 0) is 68.3 Å². The molecule has 1 heterocycles. The lowest BCUT2D eigenvalue weighted by Crippen LogP contribution is -2.08. The summed E-state index contributed by atoms with van der Waals surface area (Å²) in [7, 11) is 0. The van der Waals surface area contributed by atoms with Gasteiger partial charge in [0.25, 0.3) is 0 Å². The van der Waals surface area contributed by atoms with Crippen molar-refractivity contribution in [3.8, 4) is 0 Å². The average Bonchev–Trinajstić information content (AvgIpc) is 2.84. The van der Waals surface area contributed by atoms with Gasteiger partial charge in [0.1, 0.15) is 5.76 Å². The standard InChI is InChI=1S/C14H9Br2NO4/c15-10-7-8(14(19)20)1-4-11(10)17-13(18)6-3-9-2-5-12(16)21-9/h1-7H,(H,17,18)(H,19,20). The largest absolute Gasteiger partial charge is 0.478 e. The number of benzene rings is 1. The van der Waals surface area contributed by atoms with E-state index in [0.29, 0.717) is 20.6 Å². The predicted octanol–water partition coefficient (Wildman–Crippen LogP) is 4.15. The van der Waals surface area contributed by atoms with Crippen LogP contribution in [0.3, 0.4) is 0 Å². The SMILES string of the molecule is O=C(C=Cc1ccc(Br)o1)Nc1ccc(C(=O)O)cc1Br. The molecular formula is C14H9Br2NO4. The highest BCUT2D eigenvalue weighted by Gasteiger charge is 2.08. The fourth-order valence-corrected chi connectivity index (χ4v) is 2.30. The summed E-state index contributed by atoms with van der Waals surface area (Å²) in [4.78, 5) is 22.6. The van der Waals surface area contributed by atoms with E-state index < -0.39 is 5.97 Å². The van der Waals surface area contributed by atoms with Crippen molar-refractivity contribution in [2.45, 2.75) is 0 Å². The lowest BCUT2D eigenvalue weighted by Gasteiger charge is -2.05. The van der Waals surface area contributed by atoms with Crippen LogP contribution in [0.5, 0.6) is 0 Å². The van der Waals surface area contributed by atoms with Gasteiger partial charge in [-0.1, -0.05) is 0 Å². The van der Waals surface area contributed by atoms with Crippen molar-refractivity contribution < 1.29 is 19.1 Å². The summed E-state index contributed by atoms with van der Waals surface area (Å²) in [6, 6.07) is 7.79. The van der Waals surface area contributed by atoms with Crippen LogP contribution >= 0.6 is 31.9 Å². The average molecular weight is 415 g/mol. The Morgan fingerprint density at radius 2 is 1.95 bits per heavy atom. The molecule has 7 heteroatoms. The number of hydrogen-bond acceptors (Lipinski definition) is 3. The molecule has 0 radical (unpaired) electrons. The zero-order valence-electron chi connectivity index (χ0n) is 10.5. The molecule has 0 spiro atoms. The van der Waals surface area contributed by atoms with Crippen molar-refractivity contribution in [2.24, 2.45) is 0 Å². The number of anilines is 1. The Morgan fingerprint density at radius 1 is 1.19 bits per heavy atom. The van der Waals surface area contributed by atoms with Gasteiger partial charge in [0.15, 0.2) is 4.67 Å². The summed E-state index contributed by atoms with van der Waals surface area (Å²) in [5.41, 5.74) is 0.617. The number of amides is 1. The van der Waals surface area contributed by atoms with Gasteiger partial charge in [-0.15, -0.1) is 0 Å². The molecular weight excluding hydrogens is 406 g/mol. The minimum atomic E-state index is -1.03. The maximum Gasteiger partial charge on any atom is 0.335 e. The van der Waals surface area contributed by atoms with Gasteiger partial charge in [-0.3, -0.25) is 4.79 Å². The highest BCUT2D eigenvalue weighted by atomic mass is 79.9. The summed E-state index contributed by atoms with van der Waals surface area (Å²) < 4.78 is 6.29. The molecule has 0 aliphatic carbocycles. The molecule has 0 saturated heterocycles. The molecule has 0 fully saturated rings. The molecule has 0 aliphatic rings. The Labute approximate surface area is 136 Å². The first-order valence-electron chi connectivity index (χ1n) is 5.73. The van der Waals surface area contributed by atoms with Gasteiger partial charge in [-0.2, -0.15) is 0 Å². The van der Waals surface area contributed by atoms with Crippen LogP contribution in [0.2, 0.25) is 0 Å². The van der Waals surface area contributed by atoms with Crippen LogP contribution in [0, 0.1) is 0 Å². The number of aromatic carboxylic acids is 1. The normalized spacial score (nSPS) is 10.8. The minimum Gasteiger partial charge on any atom is -0.478 e. The third-order valence-corrected chi connectivity index (χ3v) is 3.55. The van der Waals surface area contributed by atoms with Crippen LogP contribution in [0.4, 0.5) is 5.69 Å². The fourth-order valence-electron chi connectivity index (χ4n) is 1.50. The second-order valence-electron chi connectivity index (χ2n) is 3.96. The number of halogens is 2. The Balaban J connectivity index is 2.06. The number of carbonyl (C=O) groups is 2. The molecule has 0 saturated carbocycles. The third-order valence-electron chi connectivity index (χ3n) is 2.47. The number of rotatable bonds is 4. The van der Waals surface area contributed by atoms with Crippen molar-refractivity contribution in [1.29, 1.82) is 0 Å². The van der Waals surface area contributed by atoms with E-state index in [1.54, 1.807) is 12.1 Å². The van der Waals surface area contributed by atoms with E-state index in [9.17, 15) is 9.59 Å². The van der Waals surface area contributed by atoms with E-state index in [2.05, 4.69) is 37.2 Å². The summed E-state index contributed by atoms with van der Waals surface area (Å²) in [5, 5.41) is 11.5. The number of carboxylic acid groups (broad SMARTS) is 1. The van der Waals surface area contributed by atoms with E-state index in [-0.39, 0.29) is 11.5 Å². The molecule has 2 N–H and O–H groups in total. The molecule has 2 rings (SSSR count). The molecule has 0 unspecified atom stereocenters. The van der Waals surface area contributed by atoms with Gasteiger partial charge < -0.3 is 14.8 Å². The summed E-state index contributed by atoms with van der Waals surface area (Å²) in [6.07, 6.45) is 2.85. The monoisotopic (exact) mass is 413 g/mol. The van der Waals surface area contributed by atoms with Gasteiger partial charge >= 0.3 is 5.97 Å². The van der Waals surface area contributed by atoms with Crippen LogP contribution in [0.25, 0.3) is 6.08 Å². The lowest BCUT2D eigenvalue weighted by atomic mass is 10.2. The highest BCUT2D eigenvalue weighted by molar-refractivity contribution is 9.10. The molecule has 0 aliphatic heterocycles. The van der Waals surface area contributed by atoms with Crippen LogP contribution in [0.1, 0.15) is 16.1 Å². The first-order chi connectivity index (χ1) is 9.95. The molecule has 1 aromatic heterocycles. The maximum absolute atomic E-state index is 11.8. The van der Waals surface area contributed by atoms with Crippen molar-refractivity contribution in [3.05, 3.63) is 56.9 Å². The number of nitrogens with one attached hydrogen (secondary N) is 1. The number of carboxylic acids is 1. The summed E-state index contributed by atoms with van der Waals surface area (Å²) in [5.74, 6) is -0.847. The first kappa shape index (κ1) is 15.5. The Morgan fingerprint density at radius 3 is 2.52 bits per heavy atom. The molecule has 21 heavy (non-hydrogen) atoms. The second kappa shape index (κ2) is 6.73. The van der Waals surface area contributed by atoms with Crippen molar-refractivity contribution in [3.63, 3.8) is 0 Å². The number of carbonyl (C=O) groups excluding carboxylic acids is 1. The summed E-state index contributed by atoms with van der Waals surface area (Å²) >= 11 is 6.38. The Hall–Kier alpha value is -1.86. The Kier molecular flexibility index (Phi) is 4.98. The van der Waals surface area contributed by atoms with E-state index >= 15 is 0 Å². The van der Waals surface area contributed by atoms with Crippen molar-refractivity contribution >= 4 is 55.5 Å². The van der Waals surface area contributed by atoms with E-state index in [0.717, 1.165) is 0 Å². The zero-order chi connectivity index (χ0) is 15.4. The second-order valence-corrected chi connectivity index (χ2v) is 5.60. The molecule has 0 atom stereocenters. The van der Waals surface area contributed by atoms with Crippen LogP contribution in [0.15, 0.2) is 50.0 Å². The quantitative estimate of drug-likeness (QED) is 0.736. The number of furan rings is 1. The molecule has 1 aromatic carbocycles. The molecule has 108 valence electrons. The van der Waals surface area contributed by atoms with Gasteiger partial charge in [0.2, 0.25) is 5.91 Å². The van der Waals surface area contributed by atoms with Crippen molar-refractivity contribution in [1.82, 2.24) is 0 Å². The van der Waals surface area contributed by atoms with Crippen LogP contribution < -0.4 is 5.32 Å². The van der Waals surface area contributed by atoms with Gasteiger partial charge in [0.05, 0.1) is 11.3 Å². The highest BCUT2D eigenvalue weighted by Crippen LogP contribution is 2.24. The fraction of sp³-hybridized carbons (Fsp3) is 0. The molecule has 1 amide bonds. The Bertz CT molecular complexity index is 722. The van der Waals surface area contributed by atoms with E-state index in [1.807, 2.05) is 0 Å². The first-order valence-corrected chi connectivity index (χ1v) is 7.31. The van der Waals surface area contributed by atoms with Crippen LogP contribution in [-0.2, 0) is 4.79 Å². The predicted molar refractivity (Wildman–Crippen MR) is 85.2 cm³/mol. The third kappa shape index (κ3) is 4.30. The van der Waals surface area contributed by atoms with E-state index in [4.69, 9.17) is 9.52 Å². The zero-order valence-corrected chi connectivity index (χ0v) is 13.6. The van der Waals surface area contributed by atoms with E-state index in [1.165, 1.54) is 30.4 Å². The van der Waals surface area contributed by atoms with Gasteiger partial charge in [0, 0.05) is 10.5 Å². The maximum atomic E-state index is 11.8. The molecule has 0 bridgehead atoms. The smallest absolute Gasteiger partial charge is 0.335 e. The minimum absolute atomic E-state index is 0.135. The molecule has 5 nitrogen and oxygen atoms in total. The van der Waals surface area contributed by atoms with Crippen LogP contribution in [-0.4, -0.2) is 17.0 Å². The topological polar surface area (TPSA) is 79.5 Å².